The highest BCUT2D eigenvalue weighted by molar-refractivity contribution is 5.95. The molecule has 0 saturated heterocycles. The van der Waals surface area contributed by atoms with Crippen molar-refractivity contribution in [2.45, 2.75) is 39.7 Å². The lowest BCUT2D eigenvalue weighted by Gasteiger charge is -2.16. The molecule has 0 radical (unpaired) electrons. The molecule has 0 bridgehead atoms. The zero-order chi connectivity index (χ0) is 14.4. The van der Waals surface area contributed by atoms with Crippen LogP contribution in [-0.2, 0) is 4.74 Å². The number of anilines is 1. The summed E-state index contributed by atoms with van der Waals surface area (Å²) >= 11 is 0. The van der Waals surface area contributed by atoms with Crippen LogP contribution in [0.3, 0.4) is 0 Å². The van der Waals surface area contributed by atoms with Crippen molar-refractivity contribution in [3.8, 4) is 5.75 Å². The molecule has 0 aliphatic heterocycles. The van der Waals surface area contributed by atoms with Crippen molar-refractivity contribution in [2.24, 2.45) is 0 Å². The molecule has 0 saturated carbocycles. The van der Waals surface area contributed by atoms with Gasteiger partial charge in [-0.15, -0.1) is 0 Å². The van der Waals surface area contributed by atoms with Crippen LogP contribution in [0.2, 0.25) is 0 Å². The van der Waals surface area contributed by atoms with Gasteiger partial charge in [-0.2, -0.15) is 0 Å². The number of benzene rings is 1. The third-order valence-corrected chi connectivity index (χ3v) is 2.62. The fraction of sp³-hybridized carbons (Fsp3) is 0.500. The molecule has 0 aromatic heterocycles. The van der Waals surface area contributed by atoms with Crippen LogP contribution < -0.4 is 10.5 Å². The molecule has 1 aromatic rings. The molecule has 19 heavy (non-hydrogen) atoms. The molecule has 1 unspecified atom stereocenters. The number of ether oxygens (including phenoxy) is 2. The van der Waals surface area contributed by atoms with Gasteiger partial charge in [-0.25, -0.2) is 9.18 Å². The Hall–Kier alpha value is -1.78. The molecule has 106 valence electrons. The van der Waals surface area contributed by atoms with E-state index in [2.05, 4.69) is 0 Å². The van der Waals surface area contributed by atoms with Crippen LogP contribution in [0.5, 0.6) is 5.75 Å². The summed E-state index contributed by atoms with van der Waals surface area (Å²) in [5.41, 5.74) is 5.79. The van der Waals surface area contributed by atoms with E-state index in [1.165, 1.54) is 6.07 Å². The van der Waals surface area contributed by atoms with Gasteiger partial charge in [0.2, 0.25) is 0 Å². The van der Waals surface area contributed by atoms with Crippen molar-refractivity contribution in [1.82, 2.24) is 0 Å². The normalized spacial score (nSPS) is 12.0. The predicted molar refractivity (Wildman–Crippen MR) is 71.8 cm³/mol. The summed E-state index contributed by atoms with van der Waals surface area (Å²) < 4.78 is 24.1. The van der Waals surface area contributed by atoms with Crippen LogP contribution in [0.15, 0.2) is 12.1 Å². The predicted octanol–water partition coefficient (Wildman–Crippen LogP) is 3.15. The SMILES string of the molecule is CCCC(C)Oc1cc(C(=O)OCC)c(N)cc1F. The molecule has 0 fully saturated rings. The van der Waals surface area contributed by atoms with E-state index in [1.807, 2.05) is 13.8 Å². The van der Waals surface area contributed by atoms with Crippen molar-refractivity contribution in [1.29, 1.82) is 0 Å². The maximum Gasteiger partial charge on any atom is 0.340 e. The standard InChI is InChI=1S/C14H20FNO3/c1-4-6-9(3)19-13-7-10(14(17)18-5-2)12(16)8-11(13)15/h7-9H,4-6,16H2,1-3H3. The highest BCUT2D eigenvalue weighted by Gasteiger charge is 2.17. The maximum atomic E-state index is 13.7. The van der Waals surface area contributed by atoms with Gasteiger partial charge in [0.1, 0.15) is 0 Å². The minimum Gasteiger partial charge on any atom is -0.488 e. The quantitative estimate of drug-likeness (QED) is 0.636. The number of halogens is 1. The minimum atomic E-state index is -0.576. The van der Waals surface area contributed by atoms with E-state index in [1.54, 1.807) is 6.92 Å². The van der Waals surface area contributed by atoms with Gasteiger partial charge in [0.15, 0.2) is 11.6 Å². The molecule has 5 heteroatoms. The van der Waals surface area contributed by atoms with Gasteiger partial charge in [0.05, 0.1) is 18.3 Å². The fourth-order valence-electron chi connectivity index (χ4n) is 1.73. The first kappa shape index (κ1) is 15.3. The first-order valence-electron chi connectivity index (χ1n) is 6.42. The van der Waals surface area contributed by atoms with Gasteiger partial charge >= 0.3 is 5.97 Å². The molecule has 1 atom stereocenters. The molecular formula is C14H20FNO3. The Morgan fingerprint density at radius 2 is 2.11 bits per heavy atom. The van der Waals surface area contributed by atoms with Crippen LogP contribution in [-0.4, -0.2) is 18.7 Å². The lowest BCUT2D eigenvalue weighted by Crippen LogP contribution is -2.14. The third kappa shape index (κ3) is 4.12. The average Bonchev–Trinajstić information content (AvgIpc) is 2.33. The Bertz CT molecular complexity index is 449. The van der Waals surface area contributed by atoms with E-state index in [0.717, 1.165) is 18.9 Å². The highest BCUT2D eigenvalue weighted by Crippen LogP contribution is 2.26. The van der Waals surface area contributed by atoms with Crippen molar-refractivity contribution in [2.75, 3.05) is 12.3 Å². The molecule has 0 spiro atoms. The van der Waals surface area contributed by atoms with Crippen LogP contribution >= 0.6 is 0 Å². The molecule has 0 aliphatic rings. The van der Waals surface area contributed by atoms with Crippen molar-refractivity contribution in [3.63, 3.8) is 0 Å². The first-order chi connectivity index (χ1) is 8.99. The van der Waals surface area contributed by atoms with Crippen LogP contribution in [0.1, 0.15) is 44.0 Å². The average molecular weight is 269 g/mol. The minimum absolute atomic E-state index is 0.0261. The number of carbonyl (C=O) groups is 1. The molecular weight excluding hydrogens is 249 g/mol. The topological polar surface area (TPSA) is 61.5 Å². The van der Waals surface area contributed by atoms with Crippen LogP contribution in [0, 0.1) is 5.82 Å². The van der Waals surface area contributed by atoms with Gasteiger partial charge < -0.3 is 15.2 Å². The molecule has 2 N–H and O–H groups in total. The molecule has 1 aromatic carbocycles. The number of esters is 1. The largest absolute Gasteiger partial charge is 0.488 e. The summed E-state index contributed by atoms with van der Waals surface area (Å²) in [5.74, 6) is -1.13. The summed E-state index contributed by atoms with van der Waals surface area (Å²) in [5, 5.41) is 0. The van der Waals surface area contributed by atoms with Crippen molar-refractivity contribution in [3.05, 3.63) is 23.5 Å². The zero-order valence-electron chi connectivity index (χ0n) is 11.5. The summed E-state index contributed by atoms with van der Waals surface area (Å²) in [6, 6.07) is 2.38. The Morgan fingerprint density at radius 1 is 1.42 bits per heavy atom. The fourth-order valence-corrected chi connectivity index (χ4v) is 1.73. The van der Waals surface area contributed by atoms with Gasteiger partial charge in [0, 0.05) is 11.8 Å². The monoisotopic (exact) mass is 269 g/mol. The number of nitrogens with two attached hydrogens (primary N) is 1. The van der Waals surface area contributed by atoms with Crippen molar-refractivity contribution < 1.29 is 18.7 Å². The van der Waals surface area contributed by atoms with Crippen LogP contribution in [0.25, 0.3) is 0 Å². The molecule has 4 nitrogen and oxygen atoms in total. The molecule has 0 amide bonds. The van der Waals surface area contributed by atoms with Gasteiger partial charge in [-0.1, -0.05) is 13.3 Å². The third-order valence-electron chi connectivity index (χ3n) is 2.62. The van der Waals surface area contributed by atoms with Gasteiger partial charge in [-0.3, -0.25) is 0 Å². The first-order valence-corrected chi connectivity index (χ1v) is 6.42. The number of hydrogen-bond acceptors (Lipinski definition) is 4. The number of nitrogen functional groups attached to an aromatic ring is 1. The van der Waals surface area contributed by atoms with E-state index in [-0.39, 0.29) is 29.7 Å². The molecule has 1 rings (SSSR count). The second kappa shape index (κ2) is 6.97. The summed E-state index contributed by atoms with van der Waals surface area (Å²) in [6.45, 7) is 5.79. The number of carbonyl (C=O) groups excluding carboxylic acids is 1. The van der Waals surface area contributed by atoms with Crippen molar-refractivity contribution >= 4 is 11.7 Å². The molecule has 0 aliphatic carbocycles. The smallest absolute Gasteiger partial charge is 0.340 e. The summed E-state index contributed by atoms with van der Waals surface area (Å²) in [6.07, 6.45) is 1.61. The molecule has 0 heterocycles. The number of rotatable bonds is 6. The van der Waals surface area contributed by atoms with Crippen LogP contribution in [0.4, 0.5) is 10.1 Å². The second-order valence-corrected chi connectivity index (χ2v) is 4.31. The Balaban J connectivity index is 2.99. The Morgan fingerprint density at radius 3 is 2.68 bits per heavy atom. The van der Waals surface area contributed by atoms with E-state index < -0.39 is 11.8 Å². The summed E-state index contributed by atoms with van der Waals surface area (Å²) in [7, 11) is 0. The maximum absolute atomic E-state index is 13.7. The number of hydrogen-bond donors (Lipinski definition) is 1. The highest BCUT2D eigenvalue weighted by atomic mass is 19.1. The van der Waals surface area contributed by atoms with E-state index in [0.29, 0.717) is 0 Å². The second-order valence-electron chi connectivity index (χ2n) is 4.31. The zero-order valence-corrected chi connectivity index (χ0v) is 11.5. The van der Waals surface area contributed by atoms with E-state index in [4.69, 9.17) is 15.2 Å². The van der Waals surface area contributed by atoms with Gasteiger partial charge in [-0.05, 0) is 26.3 Å². The van der Waals surface area contributed by atoms with E-state index >= 15 is 0 Å². The summed E-state index contributed by atoms with van der Waals surface area (Å²) in [4.78, 5) is 11.7. The Labute approximate surface area is 112 Å². The Kier molecular flexibility index (Phi) is 5.60. The lowest BCUT2D eigenvalue weighted by molar-refractivity contribution is 0.0526. The van der Waals surface area contributed by atoms with E-state index in [9.17, 15) is 9.18 Å². The lowest BCUT2D eigenvalue weighted by atomic mass is 10.1. The van der Waals surface area contributed by atoms with Gasteiger partial charge in [0.25, 0.3) is 0 Å².